The van der Waals surface area contributed by atoms with Crippen molar-refractivity contribution in [3.63, 3.8) is 0 Å². The van der Waals surface area contributed by atoms with Crippen LogP contribution in [0, 0.1) is 0 Å². The number of para-hydroxylation sites is 1. The van der Waals surface area contributed by atoms with Crippen LogP contribution in [-0.4, -0.2) is 18.1 Å². The van der Waals surface area contributed by atoms with Crippen LogP contribution in [0.1, 0.15) is 26.3 Å². The molecule has 2 amide bonds. The van der Waals surface area contributed by atoms with Gasteiger partial charge in [-0.2, -0.15) is 0 Å². The summed E-state index contributed by atoms with van der Waals surface area (Å²) >= 11 is 1.65. The van der Waals surface area contributed by atoms with E-state index in [0.717, 1.165) is 16.1 Å². The number of ether oxygens (including phenoxy) is 1. The molecule has 3 N–H and O–H groups in total. The lowest BCUT2D eigenvalue weighted by Gasteiger charge is -2.11. The van der Waals surface area contributed by atoms with Crippen LogP contribution in [0.5, 0.6) is 5.75 Å². The van der Waals surface area contributed by atoms with Crippen LogP contribution < -0.4 is 15.8 Å². The van der Waals surface area contributed by atoms with E-state index in [2.05, 4.69) is 5.32 Å². The first-order valence-corrected chi connectivity index (χ1v) is 9.85. The fourth-order valence-corrected chi connectivity index (χ4v) is 3.05. The fourth-order valence-electron chi connectivity index (χ4n) is 2.64. The van der Waals surface area contributed by atoms with E-state index in [1.807, 2.05) is 36.6 Å². The highest BCUT2D eigenvalue weighted by molar-refractivity contribution is 7.98. The first-order valence-electron chi connectivity index (χ1n) is 8.63. The summed E-state index contributed by atoms with van der Waals surface area (Å²) in [6.45, 7) is 0.216. The van der Waals surface area contributed by atoms with Crippen molar-refractivity contribution in [2.45, 2.75) is 11.5 Å². The van der Waals surface area contributed by atoms with Crippen molar-refractivity contribution < 1.29 is 14.3 Å². The lowest BCUT2D eigenvalue weighted by Crippen LogP contribution is -2.13. The molecule has 3 rings (SSSR count). The molecular weight excluding hydrogens is 372 g/mol. The van der Waals surface area contributed by atoms with Gasteiger partial charge in [0.1, 0.15) is 12.4 Å². The van der Waals surface area contributed by atoms with Gasteiger partial charge in [0.05, 0.1) is 5.56 Å². The Labute approximate surface area is 167 Å². The monoisotopic (exact) mass is 392 g/mol. The second-order valence-electron chi connectivity index (χ2n) is 6.03. The number of nitrogens with one attached hydrogen (secondary N) is 1. The maximum absolute atomic E-state index is 12.5. The average Bonchev–Trinajstić information content (AvgIpc) is 2.73. The van der Waals surface area contributed by atoms with E-state index in [4.69, 9.17) is 10.5 Å². The molecule has 0 aromatic heterocycles. The van der Waals surface area contributed by atoms with E-state index in [1.54, 1.807) is 54.2 Å². The SMILES string of the molecule is CSc1ccc(NC(=O)c2cccc(COc3ccccc3C(N)=O)c2)cc1. The zero-order chi connectivity index (χ0) is 19.9. The van der Waals surface area contributed by atoms with Crippen molar-refractivity contribution in [3.8, 4) is 5.75 Å². The van der Waals surface area contributed by atoms with Gasteiger partial charge in [-0.3, -0.25) is 9.59 Å². The second kappa shape index (κ2) is 9.10. The number of amides is 2. The maximum atomic E-state index is 12.5. The molecule has 5 nitrogen and oxygen atoms in total. The molecule has 6 heteroatoms. The fraction of sp³-hybridized carbons (Fsp3) is 0.0909. The van der Waals surface area contributed by atoms with Gasteiger partial charge in [-0.25, -0.2) is 0 Å². The predicted molar refractivity (Wildman–Crippen MR) is 112 cm³/mol. The van der Waals surface area contributed by atoms with Crippen molar-refractivity contribution in [1.82, 2.24) is 0 Å². The number of benzene rings is 3. The van der Waals surface area contributed by atoms with Crippen LogP contribution >= 0.6 is 11.8 Å². The molecule has 0 saturated carbocycles. The predicted octanol–water partition coefficient (Wildman–Crippen LogP) is 4.34. The quantitative estimate of drug-likeness (QED) is 0.586. The highest BCUT2D eigenvalue weighted by Gasteiger charge is 2.10. The number of carbonyl (C=O) groups is 2. The first kappa shape index (κ1) is 19.5. The molecule has 0 bridgehead atoms. The van der Waals surface area contributed by atoms with Gasteiger partial charge in [-0.05, 0) is 60.4 Å². The Hall–Kier alpha value is -3.25. The van der Waals surface area contributed by atoms with Gasteiger partial charge in [0, 0.05) is 16.1 Å². The van der Waals surface area contributed by atoms with Crippen LogP contribution in [0.2, 0.25) is 0 Å². The van der Waals surface area contributed by atoms with E-state index >= 15 is 0 Å². The highest BCUT2D eigenvalue weighted by Crippen LogP contribution is 2.20. The van der Waals surface area contributed by atoms with Crippen LogP contribution in [0.25, 0.3) is 0 Å². The van der Waals surface area contributed by atoms with E-state index in [-0.39, 0.29) is 12.5 Å². The van der Waals surface area contributed by atoms with Crippen molar-refractivity contribution in [2.75, 3.05) is 11.6 Å². The molecule has 0 heterocycles. The van der Waals surface area contributed by atoms with Gasteiger partial charge in [0.2, 0.25) is 0 Å². The zero-order valence-electron chi connectivity index (χ0n) is 15.3. The average molecular weight is 392 g/mol. The van der Waals surface area contributed by atoms with Crippen molar-refractivity contribution >= 4 is 29.3 Å². The van der Waals surface area contributed by atoms with E-state index in [9.17, 15) is 9.59 Å². The Morgan fingerprint density at radius 3 is 2.46 bits per heavy atom. The topological polar surface area (TPSA) is 81.4 Å². The summed E-state index contributed by atoms with van der Waals surface area (Å²) in [5, 5.41) is 2.88. The molecule has 0 radical (unpaired) electrons. The maximum Gasteiger partial charge on any atom is 0.255 e. The van der Waals surface area contributed by atoms with Crippen molar-refractivity contribution in [1.29, 1.82) is 0 Å². The van der Waals surface area contributed by atoms with Crippen molar-refractivity contribution in [2.24, 2.45) is 5.73 Å². The minimum Gasteiger partial charge on any atom is -0.488 e. The number of primary amides is 1. The summed E-state index contributed by atoms with van der Waals surface area (Å²) in [7, 11) is 0. The standard InChI is InChI=1S/C22H20N2O3S/c1-28-18-11-9-17(10-12-18)24-22(26)16-6-4-5-15(13-16)14-27-20-8-3-2-7-19(20)21(23)25/h2-13H,14H2,1H3,(H2,23,25)(H,24,26). The summed E-state index contributed by atoms with van der Waals surface area (Å²) in [5.74, 6) is -0.328. The van der Waals surface area contributed by atoms with E-state index < -0.39 is 5.91 Å². The lowest BCUT2D eigenvalue weighted by atomic mass is 10.1. The Balaban J connectivity index is 1.68. The van der Waals surface area contributed by atoms with Gasteiger partial charge >= 0.3 is 0 Å². The molecule has 142 valence electrons. The minimum atomic E-state index is -0.545. The van der Waals surface area contributed by atoms with Crippen LogP contribution in [0.4, 0.5) is 5.69 Å². The largest absolute Gasteiger partial charge is 0.488 e. The summed E-state index contributed by atoms with van der Waals surface area (Å²) < 4.78 is 5.73. The van der Waals surface area contributed by atoms with Crippen LogP contribution in [-0.2, 0) is 6.61 Å². The van der Waals surface area contributed by atoms with Gasteiger partial charge in [-0.1, -0.05) is 24.3 Å². The second-order valence-corrected chi connectivity index (χ2v) is 6.91. The molecule has 0 spiro atoms. The van der Waals surface area contributed by atoms with Crippen LogP contribution in [0.15, 0.2) is 77.7 Å². The Morgan fingerprint density at radius 1 is 1.00 bits per heavy atom. The summed E-state index contributed by atoms with van der Waals surface area (Å²) in [6, 6.07) is 21.6. The molecule has 0 unspecified atom stereocenters. The number of carbonyl (C=O) groups excluding carboxylic acids is 2. The third-order valence-electron chi connectivity index (χ3n) is 4.08. The third kappa shape index (κ3) is 4.92. The zero-order valence-corrected chi connectivity index (χ0v) is 16.2. The van der Waals surface area contributed by atoms with Gasteiger partial charge < -0.3 is 15.8 Å². The van der Waals surface area contributed by atoms with Crippen LogP contribution in [0.3, 0.4) is 0 Å². The lowest BCUT2D eigenvalue weighted by molar-refractivity contribution is 0.0994. The van der Waals surface area contributed by atoms with E-state index in [0.29, 0.717) is 16.9 Å². The number of thioether (sulfide) groups is 1. The summed E-state index contributed by atoms with van der Waals surface area (Å²) in [5.41, 5.74) is 7.76. The molecule has 0 aliphatic rings. The molecule has 3 aromatic carbocycles. The number of hydrogen-bond acceptors (Lipinski definition) is 4. The number of anilines is 1. The Morgan fingerprint density at radius 2 is 1.75 bits per heavy atom. The Bertz CT molecular complexity index is 987. The smallest absolute Gasteiger partial charge is 0.255 e. The number of hydrogen-bond donors (Lipinski definition) is 2. The molecule has 0 atom stereocenters. The number of rotatable bonds is 7. The molecule has 28 heavy (non-hydrogen) atoms. The summed E-state index contributed by atoms with van der Waals surface area (Å²) in [6.07, 6.45) is 2.00. The molecule has 0 fully saturated rings. The molecular formula is C22H20N2O3S. The molecule has 0 aliphatic heterocycles. The third-order valence-corrected chi connectivity index (χ3v) is 4.83. The minimum absolute atomic E-state index is 0.198. The molecule has 0 saturated heterocycles. The number of nitrogens with two attached hydrogens (primary N) is 1. The van der Waals surface area contributed by atoms with Crippen molar-refractivity contribution in [3.05, 3.63) is 89.5 Å². The molecule has 0 aliphatic carbocycles. The Kier molecular flexibility index (Phi) is 6.34. The normalized spacial score (nSPS) is 10.3. The van der Waals surface area contributed by atoms with Gasteiger partial charge in [-0.15, -0.1) is 11.8 Å². The van der Waals surface area contributed by atoms with Gasteiger partial charge in [0.25, 0.3) is 11.8 Å². The van der Waals surface area contributed by atoms with Gasteiger partial charge in [0.15, 0.2) is 0 Å². The summed E-state index contributed by atoms with van der Waals surface area (Å²) in [4.78, 5) is 25.1. The first-order chi connectivity index (χ1) is 13.6. The molecule has 3 aromatic rings. The van der Waals surface area contributed by atoms with E-state index in [1.165, 1.54) is 0 Å². The highest BCUT2D eigenvalue weighted by atomic mass is 32.2.